The van der Waals surface area contributed by atoms with Crippen LogP contribution in [0.15, 0.2) is 11.6 Å². The lowest BCUT2D eigenvalue weighted by molar-refractivity contribution is -0.357. The molecule has 0 radical (unpaired) electrons. The highest BCUT2D eigenvalue weighted by Gasteiger charge is 2.64. The molecule has 0 aromatic rings. The fourth-order valence-corrected chi connectivity index (χ4v) is 42.0. The molecule has 582 valence electrons. The SMILES string of the molecule is CC(C)CCC[C@@H](C)[C@H]1CC[C@H]2[C@@H]3CC=C4C[C@@H](O[C@@H]5O[C@H](CO[Si](C(C)C)(C(C)C)C(C)C)[C@@H](O[Si](C(C)C)(C(C)C)C(C)C)[C@H](O[Si](C(C)C)(C(C)C)C(C)C)[C@H]5O[C@@H]5OC[C@@H](O[Si](C)(C)C(C)(C)C)[C@H](O[Si](C)(C)C(C)(C)C)[C@H]5O[Si](C)(C)C(C)(C)C)CC[C@]4(C)[C@H]3CC[C@]12C. The summed E-state index contributed by atoms with van der Waals surface area (Å²) in [6.07, 6.45) is 10.6. The first-order valence-electron chi connectivity index (χ1n) is 41.4. The molecular formula is C83H166O10Si6. The second kappa shape index (κ2) is 33.1. The second-order valence-corrected chi connectivity index (χ2v) is 72.7. The van der Waals surface area contributed by atoms with Gasteiger partial charge in [0.25, 0.3) is 0 Å². The highest BCUT2D eigenvalue weighted by atomic mass is 28.4. The number of ether oxygens (including phenoxy) is 4. The van der Waals surface area contributed by atoms with Crippen molar-refractivity contribution in [3.63, 3.8) is 0 Å². The molecule has 0 amide bonds. The summed E-state index contributed by atoms with van der Waals surface area (Å²) in [5, 5.41) is -0.308. The quantitative estimate of drug-likeness (QED) is 0.0494. The van der Waals surface area contributed by atoms with Crippen LogP contribution in [0, 0.1) is 46.3 Å². The smallest absolute Gasteiger partial charge is 0.201 e. The zero-order chi connectivity index (χ0) is 75.5. The number of fused-ring (bicyclic) bond motifs is 5. The van der Waals surface area contributed by atoms with Gasteiger partial charge in [0.05, 0.1) is 25.4 Å². The van der Waals surface area contributed by atoms with E-state index >= 15 is 0 Å². The fourth-order valence-electron chi connectivity index (χ4n) is 21.5. The van der Waals surface area contributed by atoms with Gasteiger partial charge in [-0.3, -0.25) is 0 Å². The van der Waals surface area contributed by atoms with Gasteiger partial charge in [0, 0.05) is 0 Å². The Morgan fingerprint density at radius 3 is 1.40 bits per heavy atom. The van der Waals surface area contributed by atoms with E-state index in [1.165, 1.54) is 51.4 Å². The Bertz CT molecular complexity index is 2500. The maximum Gasteiger partial charge on any atom is 0.201 e. The van der Waals surface area contributed by atoms with Crippen molar-refractivity contribution >= 4 is 49.9 Å². The maximum absolute atomic E-state index is 8.72. The van der Waals surface area contributed by atoms with Crippen molar-refractivity contribution in [3.05, 3.63) is 11.6 Å². The largest absolute Gasteiger partial charge is 0.413 e. The van der Waals surface area contributed by atoms with Gasteiger partial charge in [-0.15, -0.1) is 0 Å². The Kier molecular flexibility index (Phi) is 29.6. The van der Waals surface area contributed by atoms with Crippen LogP contribution < -0.4 is 0 Å². The van der Waals surface area contributed by atoms with Crippen LogP contribution in [0.25, 0.3) is 0 Å². The standard InChI is InChI=1S/C83H166O10Si6/c1-53(2)40-39-41-63(21)67-44-45-68-66-43-42-64-50-65(46-48-82(64,31)69(66)47-49-83(67,68)32)86-78-75(88-77-76(91-96(37,38)81(28,29)30)73(90-95(35,36)80(25,26)27)71(51-84-77)89-94(33,34)79(22,23)24)74(93-99(60(15)16,61(17)18)62(19)20)72(92-98(57(9)10,58(11)12)59(13)14)70(87-78)52-85-97(54(3)4,55(5)6)56(7)8/h42,53-63,65-78H,39-41,43-52H2,1-38H3/t63-,65+,66+,67-,68+,69+,70-,71-,72-,73+,74+,75-,76-,77+,78-,82+,83-/m1/s1. The fraction of sp³-hybridized carbons (Fsp3) is 0.976. The highest BCUT2D eigenvalue weighted by Crippen LogP contribution is 2.68. The van der Waals surface area contributed by atoms with Crippen LogP contribution in [0.1, 0.15) is 292 Å². The summed E-state index contributed by atoms with van der Waals surface area (Å²) in [7, 11) is -15.7. The topological polar surface area (TPSA) is 92.3 Å². The third kappa shape index (κ3) is 18.1. The lowest BCUT2D eigenvalue weighted by Crippen LogP contribution is -2.71. The number of hydrogen-bond acceptors (Lipinski definition) is 10. The van der Waals surface area contributed by atoms with Gasteiger partial charge in [-0.25, -0.2) is 0 Å². The van der Waals surface area contributed by atoms with E-state index in [4.69, 9.17) is 45.5 Å². The van der Waals surface area contributed by atoms with Crippen LogP contribution in [0.2, 0.25) is 104 Å². The predicted octanol–water partition coefficient (Wildman–Crippen LogP) is 25.4. The minimum absolute atomic E-state index is 0.0577. The summed E-state index contributed by atoms with van der Waals surface area (Å²) in [5.41, 5.74) is 4.97. The van der Waals surface area contributed by atoms with E-state index in [2.05, 4.69) is 267 Å². The molecule has 2 heterocycles. The minimum Gasteiger partial charge on any atom is -0.413 e. The Hall–Kier alpha value is 0.641. The van der Waals surface area contributed by atoms with Crippen LogP contribution in [0.5, 0.6) is 0 Å². The molecule has 0 spiro atoms. The van der Waals surface area contributed by atoms with Crippen molar-refractivity contribution in [1.82, 2.24) is 0 Å². The van der Waals surface area contributed by atoms with Gasteiger partial charge in [0.15, 0.2) is 45.8 Å². The highest BCUT2D eigenvalue weighted by molar-refractivity contribution is 6.79. The van der Waals surface area contributed by atoms with Gasteiger partial charge in [-0.1, -0.05) is 252 Å². The first kappa shape index (κ1) is 88.5. The lowest BCUT2D eigenvalue weighted by Gasteiger charge is -2.59. The third-order valence-corrected chi connectivity index (χ3v) is 61.6. The van der Waals surface area contributed by atoms with Crippen molar-refractivity contribution in [3.8, 4) is 0 Å². The van der Waals surface area contributed by atoms with Gasteiger partial charge in [0.2, 0.25) is 16.6 Å². The van der Waals surface area contributed by atoms with Gasteiger partial charge in [-0.05, 0) is 202 Å². The number of rotatable bonds is 31. The van der Waals surface area contributed by atoms with Crippen molar-refractivity contribution in [2.24, 2.45) is 46.3 Å². The van der Waals surface area contributed by atoms with Crippen LogP contribution in [-0.2, 0) is 45.5 Å². The molecule has 4 aliphatic carbocycles. The van der Waals surface area contributed by atoms with Crippen LogP contribution in [0.4, 0.5) is 0 Å². The molecule has 0 N–H and O–H groups in total. The van der Waals surface area contributed by atoms with E-state index in [0.717, 1.165) is 48.9 Å². The molecule has 2 saturated heterocycles. The Labute approximate surface area is 620 Å². The summed E-state index contributed by atoms with van der Waals surface area (Å²) in [5.74, 6) is 4.66. The van der Waals surface area contributed by atoms with Gasteiger partial charge < -0.3 is 45.5 Å². The van der Waals surface area contributed by atoms with Crippen molar-refractivity contribution < 1.29 is 45.5 Å². The second-order valence-electron chi connectivity index (χ2n) is 42.2. The molecule has 16 heteroatoms. The number of allylic oxidation sites excluding steroid dienone is 1. The zero-order valence-corrected chi connectivity index (χ0v) is 78.3. The predicted molar refractivity (Wildman–Crippen MR) is 436 cm³/mol. The normalized spacial score (nSPS) is 32.6. The third-order valence-electron chi connectivity index (χ3n) is 29.9. The van der Waals surface area contributed by atoms with E-state index in [-0.39, 0.29) is 59.9 Å². The Morgan fingerprint density at radius 1 is 0.475 bits per heavy atom. The van der Waals surface area contributed by atoms with Gasteiger partial charge in [0.1, 0.15) is 36.6 Å². The van der Waals surface area contributed by atoms with Crippen LogP contribution >= 0.6 is 0 Å². The summed E-state index contributed by atoms with van der Waals surface area (Å²) < 4.78 is 81.2. The summed E-state index contributed by atoms with van der Waals surface area (Å²) in [4.78, 5) is 0. The molecule has 6 rings (SSSR count). The Balaban J connectivity index is 1.63. The first-order chi connectivity index (χ1) is 45.1. The van der Waals surface area contributed by atoms with Gasteiger partial charge in [-0.2, -0.15) is 0 Å². The molecule has 0 bridgehead atoms. The van der Waals surface area contributed by atoms with Crippen LogP contribution in [0.3, 0.4) is 0 Å². The van der Waals surface area contributed by atoms with Crippen molar-refractivity contribution in [2.75, 3.05) is 13.2 Å². The lowest BCUT2D eigenvalue weighted by atomic mass is 9.47. The molecule has 2 aliphatic heterocycles. The van der Waals surface area contributed by atoms with Crippen LogP contribution in [-0.4, -0.2) is 125 Å². The minimum atomic E-state index is -2.83. The first-order valence-corrected chi connectivity index (χ1v) is 56.5. The molecule has 5 fully saturated rings. The van der Waals surface area contributed by atoms with E-state index < -0.39 is 105 Å². The monoisotopic (exact) mass is 1490 g/mol. The van der Waals surface area contributed by atoms with E-state index in [9.17, 15) is 0 Å². The molecular weight excluding hydrogens is 1330 g/mol. The molecule has 0 aromatic carbocycles. The summed E-state index contributed by atoms with van der Waals surface area (Å²) in [6, 6.07) is 0. The van der Waals surface area contributed by atoms with Crippen molar-refractivity contribution in [2.45, 2.75) is 458 Å². The van der Waals surface area contributed by atoms with E-state index in [1.807, 2.05) is 0 Å². The molecule has 17 atom stereocenters. The summed E-state index contributed by atoms with van der Waals surface area (Å²) >= 11 is 0. The Morgan fingerprint density at radius 2 is 0.939 bits per heavy atom. The average Bonchev–Trinajstić information content (AvgIpc) is 1.70. The zero-order valence-electron chi connectivity index (χ0n) is 72.3. The molecule has 99 heavy (non-hydrogen) atoms. The van der Waals surface area contributed by atoms with Crippen molar-refractivity contribution in [1.29, 1.82) is 0 Å². The number of hydrogen-bond donors (Lipinski definition) is 0. The molecule has 0 aromatic heterocycles. The summed E-state index contributed by atoms with van der Waals surface area (Å²) in [6.45, 7) is 92.5. The molecule has 6 aliphatic rings. The maximum atomic E-state index is 8.72. The average molecular weight is 1490 g/mol. The molecule has 0 unspecified atom stereocenters. The molecule has 3 saturated carbocycles. The van der Waals surface area contributed by atoms with E-state index in [1.54, 1.807) is 5.57 Å². The van der Waals surface area contributed by atoms with Gasteiger partial charge >= 0.3 is 0 Å². The van der Waals surface area contributed by atoms with E-state index in [0.29, 0.717) is 41.2 Å². The molecule has 10 nitrogen and oxygen atoms in total.